The molecule has 1 aromatic carbocycles. The van der Waals surface area contributed by atoms with Crippen LogP contribution in [0.5, 0.6) is 0 Å². The third-order valence-electron chi connectivity index (χ3n) is 2.55. The average Bonchev–Trinajstić information content (AvgIpc) is 2.38. The zero-order chi connectivity index (χ0) is 14.0. The van der Waals surface area contributed by atoms with Gasteiger partial charge in [-0.2, -0.15) is 13.2 Å². The van der Waals surface area contributed by atoms with Crippen molar-refractivity contribution in [1.82, 2.24) is 4.98 Å². The van der Waals surface area contributed by atoms with Gasteiger partial charge in [-0.1, -0.05) is 0 Å². The van der Waals surface area contributed by atoms with Gasteiger partial charge in [-0.15, -0.1) is 0 Å². The van der Waals surface area contributed by atoms with Gasteiger partial charge < -0.3 is 5.73 Å². The van der Waals surface area contributed by atoms with Gasteiger partial charge >= 0.3 is 6.18 Å². The molecule has 2 rings (SSSR count). The van der Waals surface area contributed by atoms with Gasteiger partial charge in [0, 0.05) is 29.2 Å². The molecule has 0 fully saturated rings. The summed E-state index contributed by atoms with van der Waals surface area (Å²) >= 11 is 0. The van der Waals surface area contributed by atoms with Crippen LogP contribution in [-0.4, -0.2) is 10.8 Å². The van der Waals surface area contributed by atoms with Crippen molar-refractivity contribution in [1.29, 1.82) is 0 Å². The SMILES string of the molecule is Nc1cc(C(F)(F)F)ccc1C(=O)c1cccnc1. The van der Waals surface area contributed by atoms with E-state index < -0.39 is 17.5 Å². The molecule has 0 saturated carbocycles. The van der Waals surface area contributed by atoms with Crippen molar-refractivity contribution in [3.05, 3.63) is 59.4 Å². The Bertz CT molecular complexity index is 609. The average molecular weight is 266 g/mol. The Hall–Kier alpha value is -2.37. The number of hydrogen-bond donors (Lipinski definition) is 1. The fourth-order valence-corrected chi connectivity index (χ4v) is 1.60. The Morgan fingerprint density at radius 3 is 2.47 bits per heavy atom. The molecule has 19 heavy (non-hydrogen) atoms. The molecule has 98 valence electrons. The fraction of sp³-hybridized carbons (Fsp3) is 0.0769. The maximum absolute atomic E-state index is 12.5. The summed E-state index contributed by atoms with van der Waals surface area (Å²) in [6.45, 7) is 0. The van der Waals surface area contributed by atoms with Crippen LogP contribution in [0.4, 0.5) is 18.9 Å². The monoisotopic (exact) mass is 266 g/mol. The Morgan fingerprint density at radius 1 is 1.21 bits per heavy atom. The van der Waals surface area contributed by atoms with E-state index in [4.69, 9.17) is 5.73 Å². The summed E-state index contributed by atoms with van der Waals surface area (Å²) in [6, 6.07) is 5.75. The molecule has 0 atom stereocenters. The molecule has 1 heterocycles. The molecular weight excluding hydrogens is 257 g/mol. The van der Waals surface area contributed by atoms with Crippen molar-refractivity contribution in [3.8, 4) is 0 Å². The van der Waals surface area contributed by atoms with Gasteiger partial charge in [0.1, 0.15) is 0 Å². The molecule has 0 radical (unpaired) electrons. The van der Waals surface area contributed by atoms with Crippen LogP contribution in [0, 0.1) is 0 Å². The molecule has 0 unspecified atom stereocenters. The molecule has 0 spiro atoms. The second kappa shape index (κ2) is 4.72. The Balaban J connectivity index is 2.40. The number of rotatable bonds is 2. The predicted octanol–water partition coefficient (Wildman–Crippen LogP) is 2.91. The first-order valence-corrected chi connectivity index (χ1v) is 5.31. The van der Waals surface area contributed by atoms with E-state index in [0.29, 0.717) is 0 Å². The number of hydrogen-bond acceptors (Lipinski definition) is 3. The van der Waals surface area contributed by atoms with Gasteiger partial charge in [-0.05, 0) is 30.3 Å². The number of nitrogen functional groups attached to an aromatic ring is 1. The third-order valence-corrected chi connectivity index (χ3v) is 2.55. The lowest BCUT2D eigenvalue weighted by Gasteiger charge is -2.10. The smallest absolute Gasteiger partial charge is 0.398 e. The van der Waals surface area contributed by atoms with Gasteiger partial charge in [-0.3, -0.25) is 9.78 Å². The summed E-state index contributed by atoms with van der Waals surface area (Å²) in [5, 5.41) is 0. The van der Waals surface area contributed by atoms with Gasteiger partial charge in [0.15, 0.2) is 5.78 Å². The molecule has 0 saturated heterocycles. The minimum atomic E-state index is -4.48. The quantitative estimate of drug-likeness (QED) is 0.671. The van der Waals surface area contributed by atoms with E-state index in [0.717, 1.165) is 18.2 Å². The molecule has 6 heteroatoms. The lowest BCUT2D eigenvalue weighted by molar-refractivity contribution is -0.137. The van der Waals surface area contributed by atoms with E-state index in [2.05, 4.69) is 4.98 Å². The van der Waals surface area contributed by atoms with Crippen molar-refractivity contribution in [2.45, 2.75) is 6.18 Å². The maximum Gasteiger partial charge on any atom is 0.416 e. The summed E-state index contributed by atoms with van der Waals surface area (Å²) in [5.74, 6) is -0.459. The summed E-state index contributed by atoms with van der Waals surface area (Å²) in [5.41, 5.74) is 4.73. The van der Waals surface area contributed by atoms with Crippen LogP contribution in [0.25, 0.3) is 0 Å². The Labute approximate surface area is 106 Å². The molecule has 2 N–H and O–H groups in total. The molecule has 2 aromatic rings. The second-order valence-electron chi connectivity index (χ2n) is 3.87. The highest BCUT2D eigenvalue weighted by Gasteiger charge is 2.31. The van der Waals surface area contributed by atoms with Crippen molar-refractivity contribution in [2.75, 3.05) is 5.73 Å². The number of pyridine rings is 1. The molecule has 0 aliphatic carbocycles. The standard InChI is InChI=1S/C13H9F3N2O/c14-13(15,16)9-3-4-10(11(17)6-9)12(19)8-2-1-5-18-7-8/h1-7H,17H2. The first-order valence-electron chi connectivity index (χ1n) is 5.31. The number of aromatic nitrogens is 1. The van der Waals surface area contributed by atoms with E-state index >= 15 is 0 Å². The van der Waals surface area contributed by atoms with Crippen molar-refractivity contribution in [2.24, 2.45) is 0 Å². The molecule has 0 aliphatic heterocycles. The topological polar surface area (TPSA) is 56.0 Å². The predicted molar refractivity (Wildman–Crippen MR) is 63.5 cm³/mol. The van der Waals surface area contributed by atoms with Crippen LogP contribution < -0.4 is 5.73 Å². The van der Waals surface area contributed by atoms with Crippen LogP contribution in [-0.2, 0) is 6.18 Å². The van der Waals surface area contributed by atoms with Gasteiger partial charge in [-0.25, -0.2) is 0 Å². The maximum atomic E-state index is 12.5. The fourth-order valence-electron chi connectivity index (χ4n) is 1.60. The van der Waals surface area contributed by atoms with Crippen LogP contribution in [0.15, 0.2) is 42.7 Å². The largest absolute Gasteiger partial charge is 0.416 e. The summed E-state index contributed by atoms with van der Waals surface area (Å²) < 4.78 is 37.4. The molecule has 0 aliphatic rings. The van der Waals surface area contributed by atoms with E-state index in [1.807, 2.05) is 0 Å². The van der Waals surface area contributed by atoms with E-state index in [9.17, 15) is 18.0 Å². The highest BCUT2D eigenvalue weighted by atomic mass is 19.4. The van der Waals surface area contributed by atoms with Crippen LogP contribution in [0.1, 0.15) is 21.5 Å². The zero-order valence-electron chi connectivity index (χ0n) is 9.61. The van der Waals surface area contributed by atoms with Crippen LogP contribution in [0.2, 0.25) is 0 Å². The number of alkyl halides is 3. The number of benzene rings is 1. The lowest BCUT2D eigenvalue weighted by Crippen LogP contribution is -2.10. The second-order valence-corrected chi connectivity index (χ2v) is 3.87. The number of carbonyl (C=O) groups is 1. The zero-order valence-corrected chi connectivity index (χ0v) is 9.61. The Kier molecular flexibility index (Phi) is 3.25. The molecular formula is C13H9F3N2O. The minimum Gasteiger partial charge on any atom is -0.398 e. The molecule has 1 aromatic heterocycles. The summed E-state index contributed by atoms with van der Waals surface area (Å²) in [4.78, 5) is 15.8. The van der Waals surface area contributed by atoms with Gasteiger partial charge in [0.2, 0.25) is 0 Å². The highest BCUT2D eigenvalue weighted by Crippen LogP contribution is 2.31. The summed E-state index contributed by atoms with van der Waals surface area (Å²) in [7, 11) is 0. The highest BCUT2D eigenvalue weighted by molar-refractivity contribution is 6.11. The van der Waals surface area contributed by atoms with E-state index in [-0.39, 0.29) is 16.8 Å². The normalized spacial score (nSPS) is 11.3. The minimum absolute atomic E-state index is 0.0287. The number of anilines is 1. The van der Waals surface area contributed by atoms with Crippen molar-refractivity contribution in [3.63, 3.8) is 0 Å². The molecule has 0 bridgehead atoms. The number of nitrogens with zero attached hydrogens (tertiary/aromatic N) is 1. The number of nitrogens with two attached hydrogens (primary N) is 1. The van der Waals surface area contributed by atoms with Crippen LogP contribution >= 0.6 is 0 Å². The first-order chi connectivity index (χ1) is 8.89. The van der Waals surface area contributed by atoms with Crippen LogP contribution in [0.3, 0.4) is 0 Å². The number of ketones is 1. The number of carbonyl (C=O) groups excluding carboxylic acids is 1. The number of halogens is 3. The van der Waals surface area contributed by atoms with E-state index in [1.165, 1.54) is 18.5 Å². The third kappa shape index (κ3) is 2.73. The Morgan fingerprint density at radius 2 is 1.95 bits per heavy atom. The van der Waals surface area contributed by atoms with Gasteiger partial charge in [0.05, 0.1) is 5.56 Å². The molecule has 3 nitrogen and oxygen atoms in total. The summed E-state index contributed by atoms with van der Waals surface area (Å²) in [6.07, 6.45) is -1.66. The molecule has 0 amide bonds. The van der Waals surface area contributed by atoms with E-state index in [1.54, 1.807) is 6.07 Å². The lowest BCUT2D eigenvalue weighted by atomic mass is 10.0. The first kappa shape index (κ1) is 13.1. The van der Waals surface area contributed by atoms with Crippen molar-refractivity contribution < 1.29 is 18.0 Å². The van der Waals surface area contributed by atoms with Crippen molar-refractivity contribution >= 4 is 11.5 Å². The van der Waals surface area contributed by atoms with Gasteiger partial charge in [0.25, 0.3) is 0 Å².